The molecule has 0 heterocycles. The minimum atomic E-state index is -0.472. The number of amides is 1. The number of halogens is 3. The summed E-state index contributed by atoms with van der Waals surface area (Å²) in [7, 11) is 1.63. The highest BCUT2D eigenvalue weighted by molar-refractivity contribution is 5.85. The van der Waals surface area contributed by atoms with Crippen LogP contribution >= 0.6 is 12.4 Å². The van der Waals surface area contributed by atoms with Gasteiger partial charge in [0, 0.05) is 32.7 Å². The molecule has 2 unspecified atom stereocenters. The van der Waals surface area contributed by atoms with Gasteiger partial charge >= 0.3 is 0 Å². The number of carbonyl (C=O) groups excluding carboxylic acids is 1. The second-order valence-corrected chi connectivity index (χ2v) is 5.15. The molecule has 1 aliphatic carbocycles. The van der Waals surface area contributed by atoms with Crippen molar-refractivity contribution in [1.82, 2.24) is 10.6 Å². The summed E-state index contributed by atoms with van der Waals surface area (Å²) < 4.78 is 31.6. The largest absolute Gasteiger partial charge is 0.383 e. The number of nitrogens with one attached hydrogen (secondary N) is 2. The Kier molecular flexibility index (Phi) is 7.72. The van der Waals surface area contributed by atoms with Gasteiger partial charge in [-0.2, -0.15) is 0 Å². The van der Waals surface area contributed by atoms with Gasteiger partial charge in [0.1, 0.15) is 11.6 Å². The van der Waals surface area contributed by atoms with E-state index >= 15 is 0 Å². The van der Waals surface area contributed by atoms with Crippen molar-refractivity contribution in [2.24, 2.45) is 5.92 Å². The fourth-order valence-electron chi connectivity index (χ4n) is 2.33. The summed E-state index contributed by atoms with van der Waals surface area (Å²) in [5.74, 6) is -1.47. The van der Waals surface area contributed by atoms with Crippen molar-refractivity contribution in [3.63, 3.8) is 0 Å². The summed E-state index contributed by atoms with van der Waals surface area (Å²) in [5, 5.41) is 5.91. The summed E-state index contributed by atoms with van der Waals surface area (Å²) in [5.41, 5.74) is 0.299. The molecular formula is C15H21ClF2N2O2. The van der Waals surface area contributed by atoms with E-state index < -0.39 is 11.6 Å². The van der Waals surface area contributed by atoms with E-state index in [0.29, 0.717) is 31.7 Å². The molecule has 0 spiro atoms. The molecule has 2 rings (SSSR count). The van der Waals surface area contributed by atoms with Crippen molar-refractivity contribution < 1.29 is 18.3 Å². The van der Waals surface area contributed by atoms with E-state index in [9.17, 15) is 13.6 Å². The highest BCUT2D eigenvalue weighted by Crippen LogP contribution is 2.48. The van der Waals surface area contributed by atoms with Crippen molar-refractivity contribution >= 4 is 18.3 Å². The van der Waals surface area contributed by atoms with E-state index in [4.69, 9.17) is 4.74 Å². The molecule has 4 nitrogen and oxygen atoms in total. The molecule has 1 saturated carbocycles. The van der Waals surface area contributed by atoms with Gasteiger partial charge in [-0.3, -0.25) is 4.79 Å². The van der Waals surface area contributed by atoms with Crippen LogP contribution < -0.4 is 10.6 Å². The van der Waals surface area contributed by atoms with E-state index in [1.165, 1.54) is 6.07 Å². The topological polar surface area (TPSA) is 50.4 Å². The third-order valence-corrected chi connectivity index (χ3v) is 3.57. The van der Waals surface area contributed by atoms with Crippen molar-refractivity contribution in [2.45, 2.75) is 12.3 Å². The number of rotatable bonds is 8. The fourth-order valence-corrected chi connectivity index (χ4v) is 2.33. The summed E-state index contributed by atoms with van der Waals surface area (Å²) >= 11 is 0. The summed E-state index contributed by atoms with van der Waals surface area (Å²) in [4.78, 5) is 11.9. The van der Waals surface area contributed by atoms with Gasteiger partial charge in [0.25, 0.3) is 0 Å². The highest BCUT2D eigenvalue weighted by atomic mass is 35.5. The molecule has 1 aromatic rings. The van der Waals surface area contributed by atoms with Crippen LogP contribution in [0.25, 0.3) is 0 Å². The molecule has 0 saturated heterocycles. The summed E-state index contributed by atoms with van der Waals surface area (Å²) in [6.07, 6.45) is 0.573. The molecule has 0 aliphatic heterocycles. The molecule has 1 aromatic carbocycles. The quantitative estimate of drug-likeness (QED) is 0.713. The third kappa shape index (κ3) is 5.19. The molecular weight excluding hydrogens is 314 g/mol. The number of hydrogen-bond donors (Lipinski definition) is 2. The minimum absolute atomic E-state index is 0. The van der Waals surface area contributed by atoms with Gasteiger partial charge in [-0.1, -0.05) is 0 Å². The smallest absolute Gasteiger partial charge is 0.223 e. The Hall–Kier alpha value is -1.24. The monoisotopic (exact) mass is 334 g/mol. The number of hydrogen-bond acceptors (Lipinski definition) is 3. The van der Waals surface area contributed by atoms with Crippen molar-refractivity contribution in [2.75, 3.05) is 33.4 Å². The second kappa shape index (κ2) is 9.02. The van der Waals surface area contributed by atoms with E-state index in [-0.39, 0.29) is 30.2 Å². The Labute approximate surface area is 135 Å². The number of methoxy groups -OCH3 is 1. The van der Waals surface area contributed by atoms with E-state index in [1.54, 1.807) is 7.11 Å². The number of ether oxygens (including phenoxy) is 1. The van der Waals surface area contributed by atoms with Crippen LogP contribution in [0.1, 0.15) is 17.9 Å². The molecule has 2 N–H and O–H groups in total. The first-order chi connectivity index (χ1) is 10.1. The van der Waals surface area contributed by atoms with Gasteiger partial charge in [0.15, 0.2) is 0 Å². The van der Waals surface area contributed by atoms with Crippen LogP contribution in [-0.2, 0) is 9.53 Å². The van der Waals surface area contributed by atoms with Crippen LogP contribution in [0.15, 0.2) is 18.2 Å². The first kappa shape index (κ1) is 18.8. The lowest BCUT2D eigenvalue weighted by molar-refractivity contribution is -0.122. The zero-order valence-corrected chi connectivity index (χ0v) is 13.2. The van der Waals surface area contributed by atoms with Gasteiger partial charge in [0.05, 0.1) is 6.61 Å². The minimum Gasteiger partial charge on any atom is -0.383 e. The Bertz CT molecular complexity index is 502. The Morgan fingerprint density at radius 1 is 1.32 bits per heavy atom. The molecule has 0 aromatic heterocycles. The molecule has 1 aliphatic rings. The van der Waals surface area contributed by atoms with Crippen LogP contribution in [0.5, 0.6) is 0 Å². The average molecular weight is 335 g/mol. The van der Waals surface area contributed by atoms with E-state index in [0.717, 1.165) is 18.7 Å². The van der Waals surface area contributed by atoms with Gasteiger partial charge in [0.2, 0.25) is 5.91 Å². The van der Waals surface area contributed by atoms with Crippen LogP contribution in [-0.4, -0.2) is 39.3 Å². The molecule has 1 fully saturated rings. The van der Waals surface area contributed by atoms with Gasteiger partial charge < -0.3 is 15.4 Å². The normalized spacial score (nSPS) is 19.4. The first-order valence-electron chi connectivity index (χ1n) is 7.05. The van der Waals surface area contributed by atoms with Gasteiger partial charge in [-0.25, -0.2) is 8.78 Å². The number of carbonyl (C=O) groups is 1. The van der Waals surface area contributed by atoms with Gasteiger partial charge in [-0.05, 0) is 36.1 Å². The van der Waals surface area contributed by atoms with Gasteiger partial charge in [-0.15, -0.1) is 12.4 Å². The molecule has 22 heavy (non-hydrogen) atoms. The Balaban J connectivity index is 0.00000242. The molecule has 0 bridgehead atoms. The fraction of sp³-hybridized carbons (Fsp3) is 0.533. The van der Waals surface area contributed by atoms with Crippen LogP contribution in [0.2, 0.25) is 0 Å². The predicted octanol–water partition coefficient (Wildman–Crippen LogP) is 1.84. The maximum absolute atomic E-state index is 13.6. The zero-order chi connectivity index (χ0) is 15.2. The van der Waals surface area contributed by atoms with Crippen LogP contribution in [0.4, 0.5) is 8.78 Å². The number of benzene rings is 1. The van der Waals surface area contributed by atoms with Crippen molar-refractivity contribution in [1.29, 1.82) is 0 Å². The highest BCUT2D eigenvalue weighted by Gasteiger charge is 2.45. The molecule has 124 valence electrons. The molecule has 7 heteroatoms. The Morgan fingerprint density at radius 2 is 2.09 bits per heavy atom. The maximum Gasteiger partial charge on any atom is 0.223 e. The summed E-state index contributed by atoms with van der Waals surface area (Å²) in [6.45, 7) is 2.52. The first-order valence-corrected chi connectivity index (χ1v) is 7.05. The molecule has 2 atom stereocenters. The lowest BCUT2D eigenvalue weighted by Crippen LogP contribution is -2.34. The van der Waals surface area contributed by atoms with Crippen LogP contribution in [0.3, 0.4) is 0 Å². The van der Waals surface area contributed by atoms with Crippen molar-refractivity contribution in [3.05, 3.63) is 35.4 Å². The van der Waals surface area contributed by atoms with E-state index in [1.807, 2.05) is 0 Å². The third-order valence-electron chi connectivity index (χ3n) is 3.57. The lowest BCUT2D eigenvalue weighted by Gasteiger charge is -2.07. The Morgan fingerprint density at radius 3 is 2.82 bits per heavy atom. The molecule has 0 radical (unpaired) electrons. The SMILES string of the molecule is COCCNCCNC(=O)C1CC1c1cc(F)ccc1F.Cl. The zero-order valence-electron chi connectivity index (χ0n) is 12.4. The average Bonchev–Trinajstić information content (AvgIpc) is 3.25. The molecule has 1 amide bonds. The van der Waals surface area contributed by atoms with Crippen LogP contribution in [0, 0.1) is 17.6 Å². The lowest BCUT2D eigenvalue weighted by atomic mass is 10.1. The predicted molar refractivity (Wildman–Crippen MR) is 82.2 cm³/mol. The van der Waals surface area contributed by atoms with E-state index in [2.05, 4.69) is 10.6 Å². The second-order valence-electron chi connectivity index (χ2n) is 5.15. The van der Waals surface area contributed by atoms with Crippen molar-refractivity contribution in [3.8, 4) is 0 Å². The summed E-state index contributed by atoms with van der Waals surface area (Å²) in [6, 6.07) is 3.37. The standard InChI is InChI=1S/C15H20F2N2O2.ClH/c1-21-7-6-18-4-5-19-15(20)13-9-11(13)12-8-10(16)2-3-14(12)17;/h2-3,8,11,13,18H,4-7,9H2,1H3,(H,19,20);1H. The maximum atomic E-state index is 13.6.